The lowest BCUT2D eigenvalue weighted by Gasteiger charge is -2.26. The van der Waals surface area contributed by atoms with Crippen LogP contribution in [-0.2, 0) is 9.53 Å². The van der Waals surface area contributed by atoms with Gasteiger partial charge in [-0.15, -0.1) is 0 Å². The molecule has 0 saturated heterocycles. The second-order valence-electron chi connectivity index (χ2n) is 4.21. The molecule has 4 nitrogen and oxygen atoms in total. The molecule has 0 aromatic heterocycles. The maximum absolute atomic E-state index is 11.8. The molecule has 0 fully saturated rings. The zero-order valence-corrected chi connectivity index (χ0v) is 11.2. The van der Waals surface area contributed by atoms with E-state index in [2.05, 4.69) is 5.32 Å². The fourth-order valence-electron chi connectivity index (χ4n) is 1.51. The van der Waals surface area contributed by atoms with Crippen LogP contribution in [0, 0.1) is 0 Å². The predicted molar refractivity (Wildman–Crippen MR) is 70.7 cm³/mol. The number of para-hydroxylation sites is 1. The van der Waals surface area contributed by atoms with Crippen molar-refractivity contribution in [3.63, 3.8) is 0 Å². The van der Waals surface area contributed by atoms with E-state index in [9.17, 15) is 4.79 Å². The fraction of sp³-hybridized carbons (Fsp3) is 0.500. The van der Waals surface area contributed by atoms with Gasteiger partial charge < -0.3 is 14.8 Å². The number of ether oxygens (including phenoxy) is 2. The second-order valence-corrected chi connectivity index (χ2v) is 4.21. The van der Waals surface area contributed by atoms with Crippen LogP contribution in [0.1, 0.15) is 20.3 Å². The van der Waals surface area contributed by atoms with Crippen LogP contribution in [0.25, 0.3) is 0 Å². The van der Waals surface area contributed by atoms with Gasteiger partial charge in [-0.2, -0.15) is 0 Å². The number of benzene rings is 1. The van der Waals surface area contributed by atoms with Crippen LogP contribution in [-0.4, -0.2) is 31.8 Å². The largest absolute Gasteiger partial charge is 0.494 e. The van der Waals surface area contributed by atoms with Gasteiger partial charge in [0.1, 0.15) is 11.3 Å². The summed E-state index contributed by atoms with van der Waals surface area (Å²) in [6.07, 6.45) is 0.553. The van der Waals surface area contributed by atoms with Crippen LogP contribution < -0.4 is 10.1 Å². The third-order valence-corrected chi connectivity index (χ3v) is 2.89. The van der Waals surface area contributed by atoms with Crippen molar-refractivity contribution in [3.05, 3.63) is 30.3 Å². The summed E-state index contributed by atoms with van der Waals surface area (Å²) in [6, 6.07) is 9.54. The van der Waals surface area contributed by atoms with Crippen LogP contribution in [0.5, 0.6) is 5.75 Å². The van der Waals surface area contributed by atoms with Gasteiger partial charge in [0, 0.05) is 6.42 Å². The molecule has 18 heavy (non-hydrogen) atoms. The smallest absolute Gasteiger partial charge is 0.326 e. The zero-order valence-electron chi connectivity index (χ0n) is 11.2. The minimum Gasteiger partial charge on any atom is -0.494 e. The van der Waals surface area contributed by atoms with E-state index in [4.69, 9.17) is 9.47 Å². The van der Waals surface area contributed by atoms with Gasteiger partial charge in [0.15, 0.2) is 0 Å². The molecule has 0 saturated carbocycles. The van der Waals surface area contributed by atoms with Crippen LogP contribution >= 0.6 is 0 Å². The minimum absolute atomic E-state index is 0.246. The van der Waals surface area contributed by atoms with E-state index in [1.54, 1.807) is 14.0 Å². The molecule has 0 amide bonds. The molecule has 1 unspecified atom stereocenters. The molecule has 0 aliphatic rings. The Morgan fingerprint density at radius 1 is 1.33 bits per heavy atom. The Bertz CT molecular complexity index is 367. The molecule has 1 atom stereocenters. The first-order chi connectivity index (χ1) is 8.62. The summed E-state index contributed by atoms with van der Waals surface area (Å²) in [6.45, 7) is 4.46. The molecule has 1 aromatic rings. The van der Waals surface area contributed by atoms with Crippen molar-refractivity contribution in [3.8, 4) is 5.75 Å². The second kappa shape index (κ2) is 7.01. The molecule has 1 aromatic carbocycles. The van der Waals surface area contributed by atoms with Crippen molar-refractivity contribution in [2.24, 2.45) is 0 Å². The number of carbonyl (C=O) groups is 1. The average Bonchev–Trinajstić information content (AvgIpc) is 2.40. The Morgan fingerprint density at radius 2 is 2.00 bits per heavy atom. The van der Waals surface area contributed by atoms with Gasteiger partial charge in [-0.25, -0.2) is 0 Å². The molecule has 0 aliphatic carbocycles. The molecule has 0 aliphatic heterocycles. The van der Waals surface area contributed by atoms with Gasteiger partial charge in [-0.05, 0) is 33.0 Å². The Morgan fingerprint density at radius 3 is 2.56 bits per heavy atom. The quantitative estimate of drug-likeness (QED) is 0.753. The normalized spacial score (nSPS) is 13.7. The number of likely N-dealkylation sites (N-methyl/N-ethyl adjacent to an activating group) is 1. The van der Waals surface area contributed by atoms with E-state index < -0.39 is 5.54 Å². The molecule has 1 rings (SSSR count). The van der Waals surface area contributed by atoms with Crippen molar-refractivity contribution in [2.45, 2.75) is 25.8 Å². The fourth-order valence-corrected chi connectivity index (χ4v) is 1.51. The number of carbonyl (C=O) groups excluding carboxylic acids is 1. The summed E-state index contributed by atoms with van der Waals surface area (Å²) in [5.41, 5.74) is -0.704. The van der Waals surface area contributed by atoms with Crippen molar-refractivity contribution in [2.75, 3.05) is 20.3 Å². The summed E-state index contributed by atoms with van der Waals surface area (Å²) in [5.74, 6) is 0.559. The predicted octanol–water partition coefficient (Wildman–Crippen LogP) is 2.00. The van der Waals surface area contributed by atoms with Gasteiger partial charge in [0.05, 0.1) is 13.2 Å². The van der Waals surface area contributed by atoms with Gasteiger partial charge in [-0.1, -0.05) is 18.2 Å². The molecule has 0 bridgehead atoms. The number of nitrogens with one attached hydrogen (secondary N) is 1. The van der Waals surface area contributed by atoms with E-state index in [0.717, 1.165) is 5.75 Å². The van der Waals surface area contributed by atoms with E-state index in [1.807, 2.05) is 37.3 Å². The highest BCUT2D eigenvalue weighted by Gasteiger charge is 2.32. The highest BCUT2D eigenvalue weighted by atomic mass is 16.5. The van der Waals surface area contributed by atoms with Crippen LogP contribution in [0.4, 0.5) is 0 Å². The lowest BCUT2D eigenvalue weighted by Crippen LogP contribution is -2.49. The monoisotopic (exact) mass is 251 g/mol. The van der Waals surface area contributed by atoms with Crippen molar-refractivity contribution in [1.82, 2.24) is 5.32 Å². The Balaban J connectivity index is 2.46. The summed E-state index contributed by atoms with van der Waals surface area (Å²) in [5, 5.41) is 2.99. The first kappa shape index (κ1) is 14.5. The molecular weight excluding hydrogens is 230 g/mol. The van der Waals surface area contributed by atoms with Crippen LogP contribution in [0.2, 0.25) is 0 Å². The summed E-state index contributed by atoms with van der Waals surface area (Å²) in [4.78, 5) is 11.8. The van der Waals surface area contributed by atoms with E-state index in [1.165, 1.54) is 0 Å². The Labute approximate surface area is 108 Å². The lowest BCUT2D eigenvalue weighted by molar-refractivity contribution is -0.150. The van der Waals surface area contributed by atoms with Gasteiger partial charge in [-0.3, -0.25) is 4.79 Å². The van der Waals surface area contributed by atoms with Crippen molar-refractivity contribution >= 4 is 5.97 Å². The Hall–Kier alpha value is -1.55. The van der Waals surface area contributed by atoms with Gasteiger partial charge >= 0.3 is 5.97 Å². The summed E-state index contributed by atoms with van der Waals surface area (Å²) >= 11 is 0. The topological polar surface area (TPSA) is 47.6 Å². The average molecular weight is 251 g/mol. The molecule has 0 heterocycles. The minimum atomic E-state index is -0.704. The molecule has 0 radical (unpaired) electrons. The number of hydrogen-bond donors (Lipinski definition) is 1. The maximum atomic E-state index is 11.8. The van der Waals surface area contributed by atoms with E-state index >= 15 is 0 Å². The van der Waals surface area contributed by atoms with E-state index in [-0.39, 0.29) is 5.97 Å². The van der Waals surface area contributed by atoms with Gasteiger partial charge in [0.2, 0.25) is 0 Å². The van der Waals surface area contributed by atoms with Gasteiger partial charge in [0.25, 0.3) is 0 Å². The highest BCUT2D eigenvalue weighted by Crippen LogP contribution is 2.14. The van der Waals surface area contributed by atoms with E-state index in [0.29, 0.717) is 19.6 Å². The van der Waals surface area contributed by atoms with Crippen molar-refractivity contribution in [1.29, 1.82) is 0 Å². The molecule has 4 heteroatoms. The summed E-state index contributed by atoms with van der Waals surface area (Å²) < 4.78 is 10.6. The first-order valence-corrected chi connectivity index (χ1v) is 6.16. The summed E-state index contributed by atoms with van der Waals surface area (Å²) in [7, 11) is 1.75. The molecule has 1 N–H and O–H groups in total. The number of rotatable bonds is 7. The van der Waals surface area contributed by atoms with Crippen LogP contribution in [0.3, 0.4) is 0 Å². The Kier molecular flexibility index (Phi) is 5.65. The number of esters is 1. The third-order valence-electron chi connectivity index (χ3n) is 2.89. The third kappa shape index (κ3) is 4.04. The molecule has 100 valence electrons. The lowest BCUT2D eigenvalue weighted by atomic mass is 9.99. The molecular formula is C14H21NO3. The van der Waals surface area contributed by atoms with Crippen LogP contribution in [0.15, 0.2) is 30.3 Å². The number of hydrogen-bond acceptors (Lipinski definition) is 4. The maximum Gasteiger partial charge on any atom is 0.326 e. The molecule has 0 spiro atoms. The van der Waals surface area contributed by atoms with Crippen molar-refractivity contribution < 1.29 is 14.3 Å². The first-order valence-electron chi connectivity index (χ1n) is 6.16. The standard InChI is InChI=1S/C14H21NO3/c1-4-17-13(16)14(2,15-3)10-11-18-12-8-6-5-7-9-12/h5-9,15H,4,10-11H2,1-3H3. The SMILES string of the molecule is CCOC(=O)C(C)(CCOc1ccccc1)NC. The zero-order chi connectivity index (χ0) is 13.4. The highest BCUT2D eigenvalue weighted by molar-refractivity contribution is 5.80.